The number of carboxylic acid groups (broad SMARTS) is 1. The Morgan fingerprint density at radius 3 is 2.44 bits per heavy atom. The highest BCUT2D eigenvalue weighted by molar-refractivity contribution is 7.89. The lowest BCUT2D eigenvalue weighted by atomic mass is 10.4. The Bertz CT molecular complexity index is 378. The summed E-state index contributed by atoms with van der Waals surface area (Å²) in [6.07, 6.45) is -1.55. The summed E-state index contributed by atoms with van der Waals surface area (Å²) >= 11 is 0. The molecule has 0 bridgehead atoms. The van der Waals surface area contributed by atoms with Crippen LogP contribution in [0.2, 0.25) is 0 Å². The fraction of sp³-hybridized carbons (Fsp3) is 0.778. The van der Waals surface area contributed by atoms with Gasteiger partial charge in [0.1, 0.15) is 0 Å². The molecule has 1 atom stereocenters. The van der Waals surface area contributed by atoms with Crippen LogP contribution < -0.4 is 4.72 Å². The van der Waals surface area contributed by atoms with Gasteiger partial charge in [-0.15, -0.1) is 0 Å². The van der Waals surface area contributed by atoms with Crippen molar-refractivity contribution in [1.82, 2.24) is 4.72 Å². The Morgan fingerprint density at radius 1 is 1.39 bits per heavy atom. The molecule has 8 nitrogen and oxygen atoms in total. The molecule has 0 aliphatic heterocycles. The monoisotopic (exact) mass is 283 g/mol. The van der Waals surface area contributed by atoms with Crippen molar-refractivity contribution in [2.45, 2.75) is 19.4 Å². The Kier molecular flexibility index (Phi) is 7.48. The molecule has 106 valence electrons. The molecule has 0 rings (SSSR count). The van der Waals surface area contributed by atoms with Crippen LogP contribution in [0.4, 0.5) is 0 Å². The number of methoxy groups -OCH3 is 1. The molecule has 0 aromatic heterocycles. The lowest BCUT2D eigenvalue weighted by molar-refractivity contribution is -0.148. The summed E-state index contributed by atoms with van der Waals surface area (Å²) in [7, 11) is -2.57. The SMILES string of the molecule is CCOC(=O)CCS(=O)(=O)NCC(OC)C(=O)O. The van der Waals surface area contributed by atoms with Gasteiger partial charge in [-0.25, -0.2) is 17.9 Å². The number of hydrogen-bond donors (Lipinski definition) is 2. The number of ether oxygens (including phenoxy) is 2. The van der Waals surface area contributed by atoms with E-state index >= 15 is 0 Å². The molecule has 0 aliphatic rings. The summed E-state index contributed by atoms with van der Waals surface area (Å²) < 4.78 is 34.0. The highest BCUT2D eigenvalue weighted by atomic mass is 32.2. The fourth-order valence-corrected chi connectivity index (χ4v) is 1.98. The van der Waals surface area contributed by atoms with Crippen LogP contribution in [0.5, 0.6) is 0 Å². The van der Waals surface area contributed by atoms with Crippen molar-refractivity contribution in [1.29, 1.82) is 0 Å². The molecule has 0 spiro atoms. The van der Waals surface area contributed by atoms with E-state index in [9.17, 15) is 18.0 Å². The van der Waals surface area contributed by atoms with E-state index in [2.05, 4.69) is 9.47 Å². The summed E-state index contributed by atoms with van der Waals surface area (Å²) in [5.74, 6) is -2.35. The predicted molar refractivity (Wildman–Crippen MR) is 61.5 cm³/mol. The topological polar surface area (TPSA) is 119 Å². The number of sulfonamides is 1. The predicted octanol–water partition coefficient (Wildman–Crippen LogP) is -1.04. The van der Waals surface area contributed by atoms with Gasteiger partial charge in [0, 0.05) is 13.7 Å². The van der Waals surface area contributed by atoms with Crippen LogP contribution in [0, 0.1) is 0 Å². The minimum Gasteiger partial charge on any atom is -0.479 e. The van der Waals surface area contributed by atoms with Gasteiger partial charge in [-0.3, -0.25) is 4.79 Å². The molecule has 0 heterocycles. The second-order valence-electron chi connectivity index (χ2n) is 3.28. The number of hydrogen-bond acceptors (Lipinski definition) is 6. The van der Waals surface area contributed by atoms with Gasteiger partial charge >= 0.3 is 11.9 Å². The quantitative estimate of drug-likeness (QED) is 0.519. The van der Waals surface area contributed by atoms with E-state index < -0.39 is 40.4 Å². The van der Waals surface area contributed by atoms with Crippen LogP contribution in [-0.2, 0) is 29.1 Å². The van der Waals surface area contributed by atoms with Gasteiger partial charge in [-0.05, 0) is 6.92 Å². The Balaban J connectivity index is 4.16. The van der Waals surface area contributed by atoms with Gasteiger partial charge < -0.3 is 14.6 Å². The second-order valence-corrected chi connectivity index (χ2v) is 5.21. The molecule has 0 aromatic rings. The van der Waals surface area contributed by atoms with Crippen molar-refractivity contribution in [3.63, 3.8) is 0 Å². The molecule has 2 N–H and O–H groups in total. The van der Waals surface area contributed by atoms with E-state index in [1.54, 1.807) is 6.92 Å². The van der Waals surface area contributed by atoms with E-state index in [4.69, 9.17) is 5.11 Å². The van der Waals surface area contributed by atoms with Gasteiger partial charge in [-0.2, -0.15) is 0 Å². The van der Waals surface area contributed by atoms with E-state index in [-0.39, 0.29) is 13.0 Å². The van der Waals surface area contributed by atoms with Crippen LogP contribution in [0.3, 0.4) is 0 Å². The maximum atomic E-state index is 11.4. The van der Waals surface area contributed by atoms with Gasteiger partial charge in [0.25, 0.3) is 0 Å². The minimum atomic E-state index is -3.73. The van der Waals surface area contributed by atoms with Crippen LogP contribution in [0.25, 0.3) is 0 Å². The molecule has 0 aliphatic carbocycles. The first-order valence-electron chi connectivity index (χ1n) is 5.21. The van der Waals surface area contributed by atoms with Crippen molar-refractivity contribution < 1.29 is 32.6 Å². The third kappa shape index (κ3) is 7.20. The lowest BCUT2D eigenvalue weighted by Crippen LogP contribution is -2.39. The number of nitrogens with one attached hydrogen (secondary N) is 1. The summed E-state index contributed by atoms with van der Waals surface area (Å²) in [4.78, 5) is 21.5. The molecule has 0 amide bonds. The molecule has 0 radical (unpaired) electrons. The molecule has 0 saturated heterocycles. The maximum Gasteiger partial charge on any atom is 0.334 e. The Morgan fingerprint density at radius 2 is 2.00 bits per heavy atom. The summed E-state index contributed by atoms with van der Waals surface area (Å²) in [5.41, 5.74) is 0. The Labute approximate surface area is 105 Å². The average Bonchev–Trinajstić information content (AvgIpc) is 2.27. The standard InChI is InChI=1S/C9H17NO7S/c1-3-17-8(11)4-5-18(14,15)10-6-7(16-2)9(12)13/h7,10H,3-6H2,1-2H3,(H,12,13). The summed E-state index contributed by atoms with van der Waals surface area (Å²) in [6.45, 7) is 1.40. The highest BCUT2D eigenvalue weighted by Crippen LogP contribution is 1.95. The molecule has 0 saturated carbocycles. The molecular weight excluding hydrogens is 266 g/mol. The first-order chi connectivity index (χ1) is 8.32. The van der Waals surface area contributed by atoms with E-state index in [1.807, 2.05) is 4.72 Å². The smallest absolute Gasteiger partial charge is 0.334 e. The van der Waals surface area contributed by atoms with Gasteiger partial charge in [-0.1, -0.05) is 0 Å². The van der Waals surface area contributed by atoms with Crippen LogP contribution in [0.15, 0.2) is 0 Å². The van der Waals surface area contributed by atoms with E-state index in [0.29, 0.717) is 0 Å². The first-order valence-corrected chi connectivity index (χ1v) is 6.86. The van der Waals surface area contributed by atoms with E-state index in [0.717, 1.165) is 7.11 Å². The zero-order chi connectivity index (χ0) is 14.2. The zero-order valence-corrected chi connectivity index (χ0v) is 11.0. The third-order valence-corrected chi connectivity index (χ3v) is 3.28. The van der Waals surface area contributed by atoms with Gasteiger partial charge in [0.05, 0.1) is 18.8 Å². The molecule has 0 fully saturated rings. The van der Waals surface area contributed by atoms with Crippen LogP contribution in [0.1, 0.15) is 13.3 Å². The van der Waals surface area contributed by atoms with Crippen molar-refractivity contribution in [2.24, 2.45) is 0 Å². The molecular formula is C9H17NO7S. The van der Waals surface area contributed by atoms with Crippen molar-refractivity contribution >= 4 is 22.0 Å². The summed E-state index contributed by atoms with van der Waals surface area (Å²) in [5, 5.41) is 8.62. The first kappa shape index (κ1) is 16.8. The number of carboxylic acids is 1. The zero-order valence-electron chi connectivity index (χ0n) is 10.2. The summed E-state index contributed by atoms with van der Waals surface area (Å²) in [6, 6.07) is 0. The lowest BCUT2D eigenvalue weighted by Gasteiger charge is -2.11. The van der Waals surface area contributed by atoms with Gasteiger partial charge in [0.2, 0.25) is 10.0 Å². The highest BCUT2D eigenvalue weighted by Gasteiger charge is 2.20. The molecule has 0 aromatic carbocycles. The number of aliphatic carboxylic acids is 1. The molecule has 18 heavy (non-hydrogen) atoms. The van der Waals surface area contributed by atoms with E-state index in [1.165, 1.54) is 0 Å². The molecule has 1 unspecified atom stereocenters. The largest absolute Gasteiger partial charge is 0.479 e. The van der Waals surface area contributed by atoms with Crippen molar-refractivity contribution in [2.75, 3.05) is 26.0 Å². The van der Waals surface area contributed by atoms with Crippen LogP contribution >= 0.6 is 0 Å². The molecule has 9 heteroatoms. The second kappa shape index (κ2) is 8.01. The van der Waals surface area contributed by atoms with Crippen LogP contribution in [-0.4, -0.2) is 57.6 Å². The maximum absolute atomic E-state index is 11.4. The number of esters is 1. The third-order valence-electron chi connectivity index (χ3n) is 1.93. The van der Waals surface area contributed by atoms with Gasteiger partial charge in [0.15, 0.2) is 6.10 Å². The minimum absolute atomic E-state index is 0.178. The van der Waals surface area contributed by atoms with Crippen molar-refractivity contribution in [3.8, 4) is 0 Å². The van der Waals surface area contributed by atoms with Crippen molar-refractivity contribution in [3.05, 3.63) is 0 Å². The average molecular weight is 283 g/mol. The number of carbonyl (C=O) groups excluding carboxylic acids is 1. The number of rotatable bonds is 9. The number of carbonyl (C=O) groups is 2. The normalized spacial score (nSPS) is 13.0. The fourth-order valence-electron chi connectivity index (χ4n) is 0.997. The Hall–Kier alpha value is -1.19.